The lowest BCUT2D eigenvalue weighted by molar-refractivity contribution is 0.0273. The van der Waals surface area contributed by atoms with Crippen molar-refractivity contribution in [3.63, 3.8) is 0 Å². The largest absolute Gasteiger partial charge is 0.456 e. The van der Waals surface area contributed by atoms with Crippen LogP contribution in [0.3, 0.4) is 0 Å². The second-order valence-corrected chi connectivity index (χ2v) is 9.55. The minimum Gasteiger partial charge on any atom is -0.456 e. The lowest BCUT2D eigenvalue weighted by Gasteiger charge is -2.15. The highest BCUT2D eigenvalue weighted by molar-refractivity contribution is 6.33. The highest BCUT2D eigenvalue weighted by Gasteiger charge is 2.43. The quantitative estimate of drug-likeness (QED) is 0.360. The predicted octanol–water partition coefficient (Wildman–Crippen LogP) is 4.36. The van der Waals surface area contributed by atoms with Crippen LogP contribution in [0, 0.1) is 0 Å². The third-order valence-electron chi connectivity index (χ3n) is 6.87. The zero-order valence-electron chi connectivity index (χ0n) is 19.6. The van der Waals surface area contributed by atoms with E-state index in [1.165, 1.54) is 0 Å². The van der Waals surface area contributed by atoms with Crippen molar-refractivity contribution in [1.29, 1.82) is 0 Å². The van der Waals surface area contributed by atoms with Crippen molar-refractivity contribution in [3.05, 3.63) is 82.5 Å². The highest BCUT2D eigenvalue weighted by atomic mass is 35.5. The van der Waals surface area contributed by atoms with Crippen molar-refractivity contribution < 1.29 is 14.2 Å². The van der Waals surface area contributed by atoms with Crippen LogP contribution >= 0.6 is 11.6 Å². The molecule has 2 fully saturated rings. The van der Waals surface area contributed by atoms with Gasteiger partial charge in [-0.3, -0.25) is 4.57 Å². The Kier molecular flexibility index (Phi) is 5.35. The number of nitrogens with zero attached hydrogens (tertiary/aromatic N) is 3. The van der Waals surface area contributed by atoms with Crippen LogP contribution in [0.5, 0.6) is 6.01 Å². The summed E-state index contributed by atoms with van der Waals surface area (Å²) in [7, 11) is 0. The fourth-order valence-corrected chi connectivity index (χ4v) is 5.25. The lowest BCUT2D eigenvalue weighted by atomic mass is 10.0. The predicted molar refractivity (Wildman–Crippen MR) is 138 cm³/mol. The van der Waals surface area contributed by atoms with Gasteiger partial charge in [0.25, 0.3) is 6.01 Å². The van der Waals surface area contributed by atoms with E-state index < -0.39 is 0 Å². The number of aromatic nitrogens is 5. The lowest BCUT2D eigenvalue weighted by Crippen LogP contribution is -2.32. The van der Waals surface area contributed by atoms with E-state index >= 15 is 0 Å². The van der Waals surface area contributed by atoms with E-state index in [-0.39, 0.29) is 24.0 Å². The van der Waals surface area contributed by atoms with E-state index in [4.69, 9.17) is 30.8 Å². The average molecular weight is 516 g/mol. The number of imidazole rings is 2. The first-order valence-corrected chi connectivity index (χ1v) is 12.4. The molecule has 2 aromatic carbocycles. The maximum Gasteiger partial charge on any atom is 0.330 e. The van der Waals surface area contributed by atoms with Crippen LogP contribution in [-0.4, -0.2) is 56.0 Å². The van der Waals surface area contributed by atoms with Crippen molar-refractivity contribution in [1.82, 2.24) is 24.5 Å². The molecule has 5 heterocycles. The first kappa shape index (κ1) is 22.3. The minimum absolute atomic E-state index is 0.0633. The van der Waals surface area contributed by atoms with Crippen LogP contribution in [0.2, 0.25) is 5.02 Å². The first-order chi connectivity index (χ1) is 18.1. The van der Waals surface area contributed by atoms with E-state index in [1.54, 1.807) is 17.0 Å². The molecule has 0 aliphatic carbocycles. The summed E-state index contributed by atoms with van der Waals surface area (Å²) in [6, 6.07) is 18.0. The Balaban J connectivity index is 1.12. The summed E-state index contributed by atoms with van der Waals surface area (Å²) in [5, 5.41) is 0.514. The second kappa shape index (κ2) is 8.88. The zero-order valence-corrected chi connectivity index (χ0v) is 20.3. The van der Waals surface area contributed by atoms with Gasteiger partial charge in [0.2, 0.25) is 0 Å². The molecule has 5 aromatic rings. The molecule has 0 bridgehead atoms. The van der Waals surface area contributed by atoms with Gasteiger partial charge in [-0.1, -0.05) is 48.0 Å². The molecule has 37 heavy (non-hydrogen) atoms. The smallest absolute Gasteiger partial charge is 0.330 e. The number of hydrogen-bond acceptors (Lipinski definition) is 6. The summed E-state index contributed by atoms with van der Waals surface area (Å²) < 4.78 is 19.1. The van der Waals surface area contributed by atoms with Gasteiger partial charge in [0.05, 0.1) is 34.6 Å². The van der Waals surface area contributed by atoms with Gasteiger partial charge in [0, 0.05) is 24.6 Å². The number of halogens is 1. The van der Waals surface area contributed by atoms with Crippen molar-refractivity contribution in [2.75, 3.05) is 13.2 Å². The van der Waals surface area contributed by atoms with Crippen molar-refractivity contribution in [2.45, 2.75) is 24.7 Å². The van der Waals surface area contributed by atoms with Crippen LogP contribution < -0.4 is 10.4 Å². The summed E-state index contributed by atoms with van der Waals surface area (Å²) in [6.45, 7) is 1.17. The third kappa shape index (κ3) is 4.01. The summed E-state index contributed by atoms with van der Waals surface area (Å²) in [5.74, 6) is 0. The number of pyridine rings is 1. The second-order valence-electron chi connectivity index (χ2n) is 9.14. The molecule has 3 unspecified atom stereocenters. The molecule has 2 saturated heterocycles. The maximum atomic E-state index is 11.8. The van der Waals surface area contributed by atoms with Gasteiger partial charge < -0.3 is 24.2 Å². The molecule has 3 aromatic heterocycles. The van der Waals surface area contributed by atoms with E-state index in [0.717, 1.165) is 28.8 Å². The molecule has 186 valence electrons. The summed E-state index contributed by atoms with van der Waals surface area (Å²) in [4.78, 5) is 26.9. The maximum absolute atomic E-state index is 11.8. The number of nitrogens with one attached hydrogen (secondary N) is 2. The Labute approximate surface area is 216 Å². The molecular weight excluding hydrogens is 494 g/mol. The van der Waals surface area contributed by atoms with Crippen LogP contribution in [0.15, 0.2) is 71.8 Å². The fraction of sp³-hybridized carbons (Fsp3) is 0.222. The Morgan fingerprint density at radius 2 is 1.76 bits per heavy atom. The molecule has 0 radical (unpaired) electrons. The van der Waals surface area contributed by atoms with Gasteiger partial charge in [0.15, 0.2) is 11.8 Å². The van der Waals surface area contributed by atoms with Crippen molar-refractivity contribution >= 4 is 22.8 Å². The molecule has 2 aliphatic heterocycles. The van der Waals surface area contributed by atoms with Crippen LogP contribution in [-0.2, 0) is 9.47 Å². The Morgan fingerprint density at radius 1 is 1.00 bits per heavy atom. The number of ether oxygens (including phenoxy) is 3. The number of benzene rings is 2. The number of hydrogen-bond donors (Lipinski definition) is 2. The monoisotopic (exact) mass is 515 g/mol. The summed E-state index contributed by atoms with van der Waals surface area (Å²) in [6.07, 6.45) is 4.05. The SMILES string of the molecule is O=c1[nH]ccn1-c1ccc(-c2ccc(-c3nc4nc(OC5COC6CCOC65)[nH]c4cc3Cl)cc2)cc1. The molecular formula is C27H22ClN5O4. The van der Waals surface area contributed by atoms with Gasteiger partial charge in [-0.2, -0.15) is 4.98 Å². The van der Waals surface area contributed by atoms with Gasteiger partial charge in [0.1, 0.15) is 6.10 Å². The van der Waals surface area contributed by atoms with E-state index in [9.17, 15) is 4.79 Å². The number of fused-ring (bicyclic) bond motifs is 2. The standard InChI is InChI=1S/C27H22ClN5O4/c28-19-13-20-25(32-26(30-20)37-22-14-36-21-9-12-35-24(21)22)31-23(19)17-3-1-15(2-4-17)16-5-7-18(8-6-16)33-11-10-29-27(33)34/h1-8,10-11,13,21-22,24H,9,12,14H2,(H,29,34)(H,30,31,32). The van der Waals surface area contributed by atoms with Crippen LogP contribution in [0.25, 0.3) is 39.2 Å². The normalized spacial score (nSPS) is 20.9. The highest BCUT2D eigenvalue weighted by Crippen LogP contribution is 2.33. The van der Waals surface area contributed by atoms with Gasteiger partial charge in [-0.05, 0) is 35.7 Å². The van der Waals surface area contributed by atoms with Crippen molar-refractivity contribution in [3.8, 4) is 34.1 Å². The van der Waals surface area contributed by atoms with Crippen LogP contribution in [0.1, 0.15) is 6.42 Å². The molecule has 0 spiro atoms. The van der Waals surface area contributed by atoms with E-state index in [2.05, 4.69) is 15.0 Å². The number of H-pyrrole nitrogens is 2. The van der Waals surface area contributed by atoms with E-state index in [1.807, 2.05) is 54.6 Å². The summed E-state index contributed by atoms with van der Waals surface area (Å²) in [5.41, 5.74) is 5.45. The third-order valence-corrected chi connectivity index (χ3v) is 7.16. The Morgan fingerprint density at radius 3 is 2.51 bits per heavy atom. The molecule has 3 atom stereocenters. The molecule has 9 nitrogen and oxygen atoms in total. The molecule has 2 aliphatic rings. The summed E-state index contributed by atoms with van der Waals surface area (Å²) >= 11 is 6.60. The molecule has 0 amide bonds. The minimum atomic E-state index is -0.200. The zero-order chi connectivity index (χ0) is 24.9. The Hall–Kier alpha value is -3.92. The van der Waals surface area contributed by atoms with Gasteiger partial charge in [-0.25, -0.2) is 9.78 Å². The molecule has 2 N–H and O–H groups in total. The number of aromatic amines is 2. The number of rotatable bonds is 5. The molecule has 7 rings (SSSR count). The van der Waals surface area contributed by atoms with Crippen LogP contribution in [0.4, 0.5) is 0 Å². The van der Waals surface area contributed by atoms with Crippen molar-refractivity contribution in [2.24, 2.45) is 0 Å². The van der Waals surface area contributed by atoms with E-state index in [0.29, 0.717) is 41.1 Å². The topological polar surface area (TPSA) is 107 Å². The fourth-order valence-electron chi connectivity index (χ4n) is 4.99. The Bertz CT molecular complexity index is 1640. The molecule has 10 heteroatoms. The first-order valence-electron chi connectivity index (χ1n) is 12.1. The molecule has 0 saturated carbocycles. The van der Waals surface area contributed by atoms with Gasteiger partial charge >= 0.3 is 5.69 Å². The van der Waals surface area contributed by atoms with Gasteiger partial charge in [-0.15, -0.1) is 0 Å². The average Bonchev–Trinajstić information content (AvgIpc) is 3.70.